The van der Waals surface area contributed by atoms with Gasteiger partial charge in [-0.2, -0.15) is 0 Å². The number of benzene rings is 3. The number of rotatable bonds is 7. The van der Waals surface area contributed by atoms with Crippen LogP contribution in [-0.4, -0.2) is 26.0 Å². The van der Waals surface area contributed by atoms with E-state index >= 15 is 0 Å². The van der Waals surface area contributed by atoms with Crippen LogP contribution in [-0.2, 0) is 11.2 Å². The lowest BCUT2D eigenvalue weighted by molar-refractivity contribution is -0.136. The molecule has 0 saturated carbocycles. The smallest absolute Gasteiger partial charge is 0.303 e. The largest absolute Gasteiger partial charge is 0.481 e. The maximum atomic E-state index is 10.9. The number of carbonyl (C=O) groups is 1. The van der Waals surface area contributed by atoms with Gasteiger partial charge in [0.25, 0.3) is 0 Å². The molecule has 7 heteroatoms. The maximum absolute atomic E-state index is 10.9. The number of carboxylic acids is 1. The Bertz CT molecular complexity index is 1320. The van der Waals surface area contributed by atoms with E-state index in [0.29, 0.717) is 16.8 Å². The Kier molecular flexibility index (Phi) is 6.00. The van der Waals surface area contributed by atoms with Crippen molar-refractivity contribution in [2.24, 2.45) is 5.73 Å². The highest BCUT2D eigenvalue weighted by atomic mass is 32.1. The summed E-state index contributed by atoms with van der Waals surface area (Å²) in [6, 6.07) is 25.2. The minimum Gasteiger partial charge on any atom is -0.481 e. The first-order valence-corrected chi connectivity index (χ1v) is 10.5. The standard InChI is InChI=1S/C25H22N4O2S/c26-24(27)19-11-13-20(14-12-19)28-16-22(29(25(28)32)21-4-2-1-3-5-21)18-9-6-17(7-10-18)8-15-23(30)31/h1-7,9-14,16H,8,15H2,(H3,26,27)(H,30,31). The molecule has 1 heterocycles. The number of hydrogen-bond donors (Lipinski definition) is 3. The summed E-state index contributed by atoms with van der Waals surface area (Å²) in [5, 5.41) is 16.5. The Morgan fingerprint density at radius 2 is 1.59 bits per heavy atom. The highest BCUT2D eigenvalue weighted by molar-refractivity contribution is 7.71. The third-order valence-electron chi connectivity index (χ3n) is 5.24. The van der Waals surface area contributed by atoms with Gasteiger partial charge in [0.2, 0.25) is 0 Å². The van der Waals surface area contributed by atoms with Gasteiger partial charge in [0.1, 0.15) is 5.84 Å². The summed E-state index contributed by atoms with van der Waals surface area (Å²) in [5.74, 6) is -0.787. The lowest BCUT2D eigenvalue weighted by Gasteiger charge is -2.09. The Morgan fingerprint density at radius 1 is 0.938 bits per heavy atom. The topological polar surface area (TPSA) is 97.0 Å². The van der Waals surface area contributed by atoms with Crippen LogP contribution in [0.25, 0.3) is 22.6 Å². The van der Waals surface area contributed by atoms with Crippen LogP contribution in [0.4, 0.5) is 0 Å². The van der Waals surface area contributed by atoms with Crippen LogP contribution in [0, 0.1) is 10.2 Å². The molecule has 4 N–H and O–H groups in total. The summed E-state index contributed by atoms with van der Waals surface area (Å²) < 4.78 is 4.55. The van der Waals surface area contributed by atoms with Crippen molar-refractivity contribution in [2.75, 3.05) is 0 Å². The van der Waals surface area contributed by atoms with Crippen LogP contribution in [0.1, 0.15) is 17.5 Å². The van der Waals surface area contributed by atoms with Crippen LogP contribution in [0.5, 0.6) is 0 Å². The summed E-state index contributed by atoms with van der Waals surface area (Å²) in [4.78, 5) is 10.9. The molecule has 1 aromatic heterocycles. The van der Waals surface area contributed by atoms with E-state index in [4.69, 9.17) is 28.5 Å². The molecular formula is C25H22N4O2S. The number of carboxylic acid groups (broad SMARTS) is 1. The molecule has 0 fully saturated rings. The number of nitrogens with one attached hydrogen (secondary N) is 1. The number of aryl methyl sites for hydroxylation is 1. The zero-order valence-corrected chi connectivity index (χ0v) is 18.0. The molecule has 0 aliphatic rings. The van der Waals surface area contributed by atoms with Gasteiger partial charge in [-0.25, -0.2) is 0 Å². The van der Waals surface area contributed by atoms with Crippen LogP contribution in [0.15, 0.2) is 85.1 Å². The first kappa shape index (κ1) is 21.3. The summed E-state index contributed by atoms with van der Waals surface area (Å²) in [6.45, 7) is 0. The number of nitrogens with two attached hydrogens (primary N) is 1. The van der Waals surface area contributed by atoms with E-state index in [1.807, 2.05) is 82.1 Å². The molecule has 0 bridgehead atoms. The predicted molar refractivity (Wildman–Crippen MR) is 128 cm³/mol. The highest BCUT2D eigenvalue weighted by Crippen LogP contribution is 2.27. The summed E-state index contributed by atoms with van der Waals surface area (Å²) in [6.07, 6.45) is 2.58. The highest BCUT2D eigenvalue weighted by Gasteiger charge is 2.14. The minimum atomic E-state index is -0.806. The Labute approximate surface area is 190 Å². The van der Waals surface area contributed by atoms with E-state index in [1.165, 1.54) is 0 Å². The molecule has 0 aliphatic carbocycles. The number of para-hydroxylation sites is 1. The van der Waals surface area contributed by atoms with E-state index < -0.39 is 5.97 Å². The normalized spacial score (nSPS) is 10.8. The van der Waals surface area contributed by atoms with E-state index in [1.54, 1.807) is 12.1 Å². The number of nitrogens with zero attached hydrogens (tertiary/aromatic N) is 2. The number of nitrogen functional groups attached to an aromatic ring is 1. The second-order valence-corrected chi connectivity index (χ2v) is 7.75. The molecule has 0 saturated heterocycles. The van der Waals surface area contributed by atoms with Crippen molar-refractivity contribution in [1.29, 1.82) is 5.41 Å². The van der Waals surface area contributed by atoms with E-state index in [0.717, 1.165) is 28.2 Å². The maximum Gasteiger partial charge on any atom is 0.303 e. The molecule has 4 aromatic rings. The van der Waals surface area contributed by atoms with Crippen molar-refractivity contribution in [3.05, 3.63) is 101 Å². The average Bonchev–Trinajstić information content (AvgIpc) is 3.15. The second kappa shape index (κ2) is 9.03. The molecule has 0 unspecified atom stereocenters. The first-order chi connectivity index (χ1) is 15.4. The van der Waals surface area contributed by atoms with Crippen molar-refractivity contribution in [3.63, 3.8) is 0 Å². The fourth-order valence-electron chi connectivity index (χ4n) is 3.56. The van der Waals surface area contributed by atoms with Crippen molar-refractivity contribution >= 4 is 24.0 Å². The lowest BCUT2D eigenvalue weighted by atomic mass is 10.1. The molecule has 0 aliphatic heterocycles. The third kappa shape index (κ3) is 4.38. The van der Waals surface area contributed by atoms with E-state index in [2.05, 4.69) is 0 Å². The van der Waals surface area contributed by atoms with E-state index in [-0.39, 0.29) is 12.3 Å². The molecule has 0 amide bonds. The molecule has 0 spiro atoms. The number of hydrogen-bond acceptors (Lipinski definition) is 3. The van der Waals surface area contributed by atoms with Gasteiger partial charge < -0.3 is 10.8 Å². The van der Waals surface area contributed by atoms with Crippen LogP contribution in [0.2, 0.25) is 0 Å². The SMILES string of the molecule is N=C(N)c1ccc(-n2cc(-c3ccc(CCC(=O)O)cc3)n(-c3ccccc3)c2=S)cc1. The monoisotopic (exact) mass is 442 g/mol. The molecular weight excluding hydrogens is 420 g/mol. The van der Waals surface area contributed by atoms with Crippen LogP contribution in [0.3, 0.4) is 0 Å². The molecule has 6 nitrogen and oxygen atoms in total. The second-order valence-electron chi connectivity index (χ2n) is 7.39. The fraction of sp³-hybridized carbons (Fsp3) is 0.0800. The first-order valence-electron chi connectivity index (χ1n) is 10.1. The number of aromatic nitrogens is 2. The van der Waals surface area contributed by atoms with Gasteiger partial charge in [0, 0.05) is 35.1 Å². The third-order valence-corrected chi connectivity index (χ3v) is 5.62. The van der Waals surface area contributed by atoms with Gasteiger partial charge in [-0.3, -0.25) is 19.3 Å². The van der Waals surface area contributed by atoms with Crippen molar-refractivity contribution in [1.82, 2.24) is 9.13 Å². The Hall–Kier alpha value is -3.97. The average molecular weight is 443 g/mol. The fourth-order valence-corrected chi connectivity index (χ4v) is 3.92. The van der Waals surface area contributed by atoms with Crippen molar-refractivity contribution < 1.29 is 9.90 Å². The van der Waals surface area contributed by atoms with Gasteiger partial charge in [-0.05, 0) is 60.6 Å². The number of imidazole rings is 1. The molecule has 0 radical (unpaired) electrons. The van der Waals surface area contributed by atoms with Gasteiger partial charge in [0.15, 0.2) is 4.77 Å². The van der Waals surface area contributed by atoms with Crippen LogP contribution >= 0.6 is 12.2 Å². The number of amidine groups is 1. The number of aliphatic carboxylic acids is 1. The lowest BCUT2D eigenvalue weighted by Crippen LogP contribution is -2.10. The zero-order valence-electron chi connectivity index (χ0n) is 17.2. The molecule has 32 heavy (non-hydrogen) atoms. The van der Waals surface area contributed by atoms with Crippen LogP contribution < -0.4 is 5.73 Å². The molecule has 0 atom stereocenters. The zero-order chi connectivity index (χ0) is 22.7. The van der Waals surface area contributed by atoms with Gasteiger partial charge in [-0.15, -0.1) is 0 Å². The molecule has 4 rings (SSSR count). The Balaban J connectivity index is 1.81. The van der Waals surface area contributed by atoms with Gasteiger partial charge in [0.05, 0.1) is 5.69 Å². The summed E-state index contributed by atoms with van der Waals surface area (Å²) >= 11 is 5.85. The molecule has 160 valence electrons. The van der Waals surface area contributed by atoms with Crippen molar-refractivity contribution in [3.8, 4) is 22.6 Å². The minimum absolute atomic E-state index is 0.0191. The van der Waals surface area contributed by atoms with Gasteiger partial charge in [-0.1, -0.05) is 42.5 Å². The Morgan fingerprint density at radius 3 is 2.19 bits per heavy atom. The quantitative estimate of drug-likeness (QED) is 0.214. The summed E-state index contributed by atoms with van der Waals surface area (Å²) in [7, 11) is 0. The van der Waals surface area contributed by atoms with E-state index in [9.17, 15) is 4.79 Å². The van der Waals surface area contributed by atoms with Crippen molar-refractivity contribution in [2.45, 2.75) is 12.8 Å². The molecule has 3 aromatic carbocycles. The predicted octanol–water partition coefficient (Wildman–Crippen LogP) is 4.97. The summed E-state index contributed by atoms with van der Waals surface area (Å²) in [5.41, 5.74) is 10.9. The van der Waals surface area contributed by atoms with Gasteiger partial charge >= 0.3 is 5.97 Å².